The van der Waals surface area contributed by atoms with E-state index in [1.165, 1.54) is 0 Å². The number of hydrogen-bond acceptors (Lipinski definition) is 6. The Hall–Kier alpha value is -3.65. The maximum absolute atomic E-state index is 15.3. The second-order valence-corrected chi connectivity index (χ2v) is 10.5. The maximum Gasteiger partial charge on any atom is 0.304 e. The van der Waals surface area contributed by atoms with Crippen LogP contribution in [0.4, 0.5) is 10.2 Å². The number of benzene rings is 2. The first-order chi connectivity index (χ1) is 18.4. The van der Waals surface area contributed by atoms with Crippen LogP contribution in [0.1, 0.15) is 59.0 Å². The van der Waals surface area contributed by atoms with Crippen molar-refractivity contribution >= 4 is 11.8 Å². The van der Waals surface area contributed by atoms with Gasteiger partial charge in [-0.3, -0.25) is 4.79 Å². The maximum atomic E-state index is 15.3. The fourth-order valence-electron chi connectivity index (χ4n) is 6.11. The van der Waals surface area contributed by atoms with Crippen LogP contribution in [0.3, 0.4) is 0 Å². The van der Waals surface area contributed by atoms with Crippen molar-refractivity contribution in [2.45, 2.75) is 57.6 Å². The third kappa shape index (κ3) is 4.58. The number of nitrogens with one attached hydrogen (secondary N) is 1. The smallest absolute Gasteiger partial charge is 0.304 e. The van der Waals surface area contributed by atoms with Gasteiger partial charge in [0, 0.05) is 35.7 Å². The topological polar surface area (TPSA) is 89.9 Å². The Kier molecular flexibility index (Phi) is 6.43. The number of carbonyl (C=O) groups is 1. The van der Waals surface area contributed by atoms with Crippen LogP contribution in [0, 0.1) is 19.7 Å². The fraction of sp³-hybridized carbons (Fsp3) is 0.400. The minimum Gasteiger partial charge on any atom is -0.492 e. The zero-order valence-electron chi connectivity index (χ0n) is 21.6. The molecule has 0 unspecified atom stereocenters. The molecular weight excluding hydrogens is 487 g/mol. The number of anilines is 1. The lowest BCUT2D eigenvalue weighted by Gasteiger charge is -2.20. The van der Waals surface area contributed by atoms with Crippen molar-refractivity contribution in [3.63, 3.8) is 0 Å². The molecule has 0 spiro atoms. The molecule has 1 aromatic heterocycles. The summed E-state index contributed by atoms with van der Waals surface area (Å²) in [4.78, 5) is 15.6. The highest BCUT2D eigenvalue weighted by molar-refractivity contribution is 5.77. The Morgan fingerprint density at radius 3 is 2.74 bits per heavy atom. The second-order valence-electron chi connectivity index (χ2n) is 10.5. The first-order valence-corrected chi connectivity index (χ1v) is 13.2. The summed E-state index contributed by atoms with van der Waals surface area (Å²) >= 11 is 0. The monoisotopic (exact) mass is 518 g/mol. The van der Waals surface area contributed by atoms with Crippen LogP contribution in [0.25, 0.3) is 11.1 Å². The number of carboxylic acid groups (broad SMARTS) is 1. The van der Waals surface area contributed by atoms with Crippen molar-refractivity contribution in [2.75, 3.05) is 25.1 Å². The van der Waals surface area contributed by atoms with Gasteiger partial charge in [0.15, 0.2) is 0 Å². The first-order valence-electron chi connectivity index (χ1n) is 13.2. The molecule has 198 valence electrons. The molecule has 2 N–H and O–H groups in total. The lowest BCUT2D eigenvalue weighted by molar-refractivity contribution is -0.137. The first kappa shape index (κ1) is 24.7. The zero-order valence-corrected chi connectivity index (χ0v) is 21.6. The molecule has 2 aromatic carbocycles. The number of nitrogens with zero attached hydrogens (tertiary/aromatic N) is 1. The number of aliphatic carboxylic acids is 1. The van der Waals surface area contributed by atoms with Crippen LogP contribution in [-0.2, 0) is 16.0 Å². The predicted molar refractivity (Wildman–Crippen MR) is 141 cm³/mol. The summed E-state index contributed by atoms with van der Waals surface area (Å²) < 4.78 is 32.6. The standard InChI is InChI=1S/C30H31FN2O5/c1-16-9-20(38-19-7-8-36-15-19)10-17(2)29(16)21-3-5-24(31)30-22(21)4-6-25(30)33-27-12-26-23(13-32-27)18(14-37-26)11-28(34)35/h3,5,9-10,12-13,18-19,25H,4,6-8,11,14-15H2,1-2H3,(H,32,33)(H,34,35)/t18-,19-,25-/m1/s1. The van der Waals surface area contributed by atoms with Crippen molar-refractivity contribution in [2.24, 2.45) is 0 Å². The summed E-state index contributed by atoms with van der Waals surface area (Å²) in [6.45, 7) is 5.83. The highest BCUT2D eigenvalue weighted by atomic mass is 19.1. The van der Waals surface area contributed by atoms with Crippen LogP contribution < -0.4 is 14.8 Å². The van der Waals surface area contributed by atoms with Gasteiger partial charge in [-0.2, -0.15) is 0 Å². The molecule has 0 amide bonds. The minimum atomic E-state index is -0.862. The van der Waals surface area contributed by atoms with E-state index in [1.54, 1.807) is 18.3 Å². The summed E-state index contributed by atoms with van der Waals surface area (Å²) in [6, 6.07) is 9.14. The zero-order chi connectivity index (χ0) is 26.4. The summed E-state index contributed by atoms with van der Waals surface area (Å²) in [5, 5.41) is 12.5. The average molecular weight is 519 g/mol. The summed E-state index contributed by atoms with van der Waals surface area (Å²) in [5.41, 5.74) is 6.86. The van der Waals surface area contributed by atoms with Crippen LogP contribution in [0.5, 0.6) is 11.5 Å². The number of aryl methyl sites for hydroxylation is 2. The number of rotatable bonds is 7. The van der Waals surface area contributed by atoms with E-state index < -0.39 is 5.97 Å². The highest BCUT2D eigenvalue weighted by Crippen LogP contribution is 2.44. The Morgan fingerprint density at radius 1 is 1.18 bits per heavy atom. The van der Waals surface area contributed by atoms with Crippen LogP contribution in [0.15, 0.2) is 36.5 Å². The lowest BCUT2D eigenvalue weighted by atomic mass is 9.90. The number of pyridine rings is 1. The number of hydrogen-bond donors (Lipinski definition) is 2. The molecule has 0 bridgehead atoms. The molecule has 1 aliphatic carbocycles. The molecule has 3 aliphatic rings. The van der Waals surface area contributed by atoms with Crippen molar-refractivity contribution in [3.05, 3.63) is 70.2 Å². The molecule has 3 atom stereocenters. The molecule has 2 aliphatic heterocycles. The van der Waals surface area contributed by atoms with E-state index in [9.17, 15) is 4.79 Å². The van der Waals surface area contributed by atoms with Gasteiger partial charge in [-0.15, -0.1) is 0 Å². The van der Waals surface area contributed by atoms with E-state index in [1.807, 2.05) is 6.07 Å². The molecule has 6 rings (SSSR count). The molecule has 1 saturated heterocycles. The molecule has 3 heterocycles. The fourth-order valence-corrected chi connectivity index (χ4v) is 6.11. The van der Waals surface area contributed by atoms with Crippen molar-refractivity contribution in [1.29, 1.82) is 0 Å². The Labute approximate surface area is 221 Å². The third-order valence-electron chi connectivity index (χ3n) is 7.82. The molecule has 0 saturated carbocycles. The van der Waals surface area contributed by atoms with Crippen LogP contribution >= 0.6 is 0 Å². The van der Waals surface area contributed by atoms with Gasteiger partial charge in [0.1, 0.15) is 29.2 Å². The number of aromatic nitrogens is 1. The van der Waals surface area contributed by atoms with E-state index in [0.717, 1.165) is 65.0 Å². The van der Waals surface area contributed by atoms with E-state index in [-0.39, 0.29) is 30.3 Å². The van der Waals surface area contributed by atoms with Crippen molar-refractivity contribution in [3.8, 4) is 22.6 Å². The molecule has 0 radical (unpaired) electrons. The number of ether oxygens (including phenoxy) is 3. The van der Waals surface area contributed by atoms with Gasteiger partial charge >= 0.3 is 5.97 Å². The third-order valence-corrected chi connectivity index (χ3v) is 7.82. The van der Waals surface area contributed by atoms with Crippen LogP contribution in [0.2, 0.25) is 0 Å². The molecule has 1 fully saturated rings. The van der Waals surface area contributed by atoms with E-state index in [2.05, 4.69) is 36.3 Å². The normalized spacial score (nSPS) is 21.6. The number of fused-ring (bicyclic) bond motifs is 2. The SMILES string of the molecule is Cc1cc(O[C@@H]2CCOC2)cc(C)c1-c1ccc(F)c2c1CC[C@H]2Nc1cc2c(cn1)[C@H](CC(=O)O)CO2. The summed E-state index contributed by atoms with van der Waals surface area (Å²) in [7, 11) is 0. The van der Waals surface area contributed by atoms with Gasteiger partial charge < -0.3 is 24.6 Å². The predicted octanol–water partition coefficient (Wildman–Crippen LogP) is 5.72. The number of halogens is 1. The van der Waals surface area contributed by atoms with E-state index in [4.69, 9.17) is 19.3 Å². The van der Waals surface area contributed by atoms with E-state index in [0.29, 0.717) is 30.3 Å². The molecule has 8 heteroatoms. The Bertz CT molecular complexity index is 1380. The van der Waals surface area contributed by atoms with Gasteiger partial charge in [-0.05, 0) is 72.7 Å². The largest absolute Gasteiger partial charge is 0.492 e. The van der Waals surface area contributed by atoms with E-state index >= 15 is 4.39 Å². The van der Waals surface area contributed by atoms with Gasteiger partial charge in [0.25, 0.3) is 0 Å². The van der Waals surface area contributed by atoms with Crippen molar-refractivity contribution in [1.82, 2.24) is 4.98 Å². The quantitative estimate of drug-likeness (QED) is 0.413. The number of carboxylic acids is 1. The van der Waals surface area contributed by atoms with Gasteiger partial charge in [0.05, 0.1) is 32.3 Å². The minimum absolute atomic E-state index is 0.00633. The summed E-state index contributed by atoms with van der Waals surface area (Å²) in [5.74, 6) is 0.776. The lowest BCUT2D eigenvalue weighted by Crippen LogP contribution is -2.15. The van der Waals surface area contributed by atoms with Crippen molar-refractivity contribution < 1.29 is 28.5 Å². The van der Waals surface area contributed by atoms with Gasteiger partial charge in [0.2, 0.25) is 0 Å². The van der Waals surface area contributed by atoms with Crippen LogP contribution in [-0.4, -0.2) is 42.0 Å². The Morgan fingerprint density at radius 2 is 2.00 bits per heavy atom. The van der Waals surface area contributed by atoms with Gasteiger partial charge in [-0.25, -0.2) is 9.37 Å². The molecule has 3 aromatic rings. The molecule has 7 nitrogen and oxygen atoms in total. The summed E-state index contributed by atoms with van der Waals surface area (Å²) in [6.07, 6.45) is 4.15. The molecular formula is C30H31FN2O5. The second kappa shape index (κ2) is 9.91. The van der Waals surface area contributed by atoms with Gasteiger partial charge in [-0.1, -0.05) is 6.07 Å². The highest BCUT2D eigenvalue weighted by Gasteiger charge is 2.31. The molecule has 38 heavy (non-hydrogen) atoms. The average Bonchev–Trinajstić information content (AvgIpc) is 3.61. The Balaban J connectivity index is 1.27.